The van der Waals surface area contributed by atoms with Gasteiger partial charge in [-0.3, -0.25) is 4.98 Å². The van der Waals surface area contributed by atoms with Crippen LogP contribution >= 0.6 is 0 Å². The summed E-state index contributed by atoms with van der Waals surface area (Å²) in [5, 5.41) is 3.00. The van der Waals surface area contributed by atoms with Gasteiger partial charge in [-0.25, -0.2) is 14.4 Å². The molecule has 0 aliphatic rings. The van der Waals surface area contributed by atoms with E-state index in [-0.39, 0.29) is 5.82 Å². The highest BCUT2D eigenvalue weighted by atomic mass is 19.1. The van der Waals surface area contributed by atoms with Crippen molar-refractivity contribution in [2.45, 2.75) is 20.4 Å². The number of rotatable bonds is 4. The first-order valence-electron chi connectivity index (χ1n) is 7.36. The van der Waals surface area contributed by atoms with Crippen molar-refractivity contribution >= 4 is 5.82 Å². The zero-order valence-corrected chi connectivity index (χ0v) is 13.0. The number of hydrogen-bond acceptors (Lipinski definition) is 4. The smallest absolute Gasteiger partial charge is 0.186 e. The Morgan fingerprint density at radius 2 is 1.74 bits per heavy atom. The van der Waals surface area contributed by atoms with Crippen LogP contribution in [0.2, 0.25) is 0 Å². The van der Waals surface area contributed by atoms with Crippen molar-refractivity contribution in [2.24, 2.45) is 0 Å². The molecule has 4 nitrogen and oxygen atoms in total. The molecule has 23 heavy (non-hydrogen) atoms. The average Bonchev–Trinajstić information content (AvgIpc) is 2.57. The van der Waals surface area contributed by atoms with Gasteiger partial charge in [0.05, 0.1) is 5.69 Å². The molecule has 0 atom stereocenters. The molecule has 0 saturated carbocycles. The van der Waals surface area contributed by atoms with E-state index in [0.29, 0.717) is 12.2 Å². The van der Waals surface area contributed by atoms with E-state index in [1.54, 1.807) is 13.1 Å². The van der Waals surface area contributed by atoms with E-state index >= 15 is 0 Å². The summed E-state index contributed by atoms with van der Waals surface area (Å²) in [5.41, 5.74) is 4.64. The highest BCUT2D eigenvalue weighted by molar-refractivity contribution is 5.63. The number of nitrogens with zero attached hydrogens (tertiary/aromatic N) is 3. The lowest BCUT2D eigenvalue weighted by atomic mass is 10.0. The molecular formula is C18H17FN4. The van der Waals surface area contributed by atoms with Crippen molar-refractivity contribution in [1.82, 2.24) is 15.0 Å². The number of halogens is 1. The van der Waals surface area contributed by atoms with Gasteiger partial charge >= 0.3 is 0 Å². The minimum Gasteiger partial charge on any atom is -0.363 e. The first-order chi connectivity index (χ1) is 11.1. The van der Waals surface area contributed by atoms with Gasteiger partial charge < -0.3 is 5.32 Å². The molecular weight excluding hydrogens is 291 g/mol. The van der Waals surface area contributed by atoms with Gasteiger partial charge in [0.25, 0.3) is 0 Å². The van der Waals surface area contributed by atoms with Crippen LogP contribution in [0.25, 0.3) is 11.1 Å². The number of nitrogens with one attached hydrogen (secondary N) is 1. The molecule has 0 unspecified atom stereocenters. The monoisotopic (exact) mass is 308 g/mol. The zero-order valence-electron chi connectivity index (χ0n) is 13.0. The third kappa shape index (κ3) is 3.51. The van der Waals surface area contributed by atoms with Gasteiger partial charge in [-0.1, -0.05) is 24.3 Å². The van der Waals surface area contributed by atoms with Crippen LogP contribution in [-0.2, 0) is 6.54 Å². The Morgan fingerprint density at radius 3 is 2.48 bits per heavy atom. The fourth-order valence-electron chi connectivity index (χ4n) is 2.31. The molecule has 0 fully saturated rings. The highest BCUT2D eigenvalue weighted by Gasteiger charge is 2.07. The normalized spacial score (nSPS) is 10.6. The molecule has 0 saturated heterocycles. The summed E-state index contributed by atoms with van der Waals surface area (Å²) in [5.74, 6) is -0.178. The summed E-state index contributed by atoms with van der Waals surface area (Å²) < 4.78 is 13.8. The Labute approximate surface area is 134 Å². The number of anilines is 1. The zero-order chi connectivity index (χ0) is 16.2. The fourth-order valence-corrected chi connectivity index (χ4v) is 2.31. The van der Waals surface area contributed by atoms with Crippen molar-refractivity contribution in [3.8, 4) is 11.1 Å². The third-order valence-electron chi connectivity index (χ3n) is 3.61. The van der Waals surface area contributed by atoms with Gasteiger partial charge in [0.2, 0.25) is 0 Å². The molecule has 0 bridgehead atoms. The summed E-state index contributed by atoms with van der Waals surface area (Å²) in [6, 6.07) is 12.2. The maximum absolute atomic E-state index is 13.8. The van der Waals surface area contributed by atoms with Gasteiger partial charge in [-0.15, -0.1) is 0 Å². The fraction of sp³-hybridized carbons (Fsp3) is 0.167. The van der Waals surface area contributed by atoms with E-state index in [1.165, 1.54) is 6.33 Å². The molecule has 1 aromatic carbocycles. The molecule has 1 N–H and O–H groups in total. The summed E-state index contributed by atoms with van der Waals surface area (Å²) in [6.45, 7) is 4.09. The van der Waals surface area contributed by atoms with Crippen molar-refractivity contribution in [3.63, 3.8) is 0 Å². The van der Waals surface area contributed by atoms with Crippen LogP contribution in [0.5, 0.6) is 0 Å². The second kappa shape index (κ2) is 6.52. The van der Waals surface area contributed by atoms with Crippen molar-refractivity contribution < 1.29 is 4.39 Å². The van der Waals surface area contributed by atoms with Gasteiger partial charge in [-0.2, -0.15) is 0 Å². The van der Waals surface area contributed by atoms with Crippen molar-refractivity contribution in [1.29, 1.82) is 0 Å². The summed E-state index contributed by atoms with van der Waals surface area (Å²) in [4.78, 5) is 11.9. The highest BCUT2D eigenvalue weighted by Crippen LogP contribution is 2.20. The van der Waals surface area contributed by atoms with Crippen LogP contribution in [-0.4, -0.2) is 15.0 Å². The third-order valence-corrected chi connectivity index (χ3v) is 3.61. The van der Waals surface area contributed by atoms with E-state index in [4.69, 9.17) is 0 Å². The lowest BCUT2D eigenvalue weighted by Gasteiger charge is -2.08. The molecule has 0 aliphatic carbocycles. The summed E-state index contributed by atoms with van der Waals surface area (Å²) >= 11 is 0. The summed E-state index contributed by atoms with van der Waals surface area (Å²) in [7, 11) is 0. The minimum absolute atomic E-state index is 0.228. The number of aromatic nitrogens is 3. The molecule has 3 aromatic rings. The van der Waals surface area contributed by atoms with Crippen LogP contribution < -0.4 is 5.32 Å². The van der Waals surface area contributed by atoms with E-state index in [1.807, 2.05) is 43.3 Å². The van der Waals surface area contributed by atoms with Gasteiger partial charge in [0, 0.05) is 18.4 Å². The minimum atomic E-state index is -0.406. The maximum atomic E-state index is 13.8. The largest absolute Gasteiger partial charge is 0.363 e. The van der Waals surface area contributed by atoms with Gasteiger partial charge in [0.1, 0.15) is 6.33 Å². The van der Waals surface area contributed by atoms with E-state index in [9.17, 15) is 4.39 Å². The lowest BCUT2D eigenvalue weighted by Crippen LogP contribution is -2.05. The molecule has 116 valence electrons. The predicted octanol–water partition coefficient (Wildman–Crippen LogP) is 3.91. The molecule has 0 radical (unpaired) electrons. The quantitative estimate of drug-likeness (QED) is 0.794. The van der Waals surface area contributed by atoms with Crippen LogP contribution in [0.1, 0.15) is 17.0 Å². The number of pyridine rings is 1. The Kier molecular flexibility index (Phi) is 4.28. The van der Waals surface area contributed by atoms with Crippen LogP contribution in [0.3, 0.4) is 0 Å². The second-order valence-electron chi connectivity index (χ2n) is 5.36. The molecule has 3 rings (SSSR count). The molecule has 5 heteroatoms. The number of benzene rings is 1. The average molecular weight is 308 g/mol. The van der Waals surface area contributed by atoms with Crippen molar-refractivity contribution in [2.75, 3.05) is 5.32 Å². The van der Waals surface area contributed by atoms with E-state index in [0.717, 1.165) is 22.4 Å². The Balaban J connectivity index is 1.72. The van der Waals surface area contributed by atoms with Crippen LogP contribution in [0.15, 0.2) is 48.9 Å². The van der Waals surface area contributed by atoms with Crippen LogP contribution in [0.4, 0.5) is 10.2 Å². The predicted molar refractivity (Wildman–Crippen MR) is 88.5 cm³/mol. The topological polar surface area (TPSA) is 50.7 Å². The SMILES string of the molecule is Cc1cc(-c2ccc(CNc3ncnc(C)c3F)cc2)ccn1. The Morgan fingerprint density at radius 1 is 0.957 bits per heavy atom. The number of hydrogen-bond donors (Lipinski definition) is 1. The molecule has 2 heterocycles. The second-order valence-corrected chi connectivity index (χ2v) is 5.36. The van der Waals surface area contributed by atoms with Gasteiger partial charge in [-0.05, 0) is 42.7 Å². The Hall–Kier alpha value is -2.82. The van der Waals surface area contributed by atoms with E-state index in [2.05, 4.69) is 20.3 Å². The molecule has 0 aliphatic heterocycles. The maximum Gasteiger partial charge on any atom is 0.186 e. The van der Waals surface area contributed by atoms with Crippen LogP contribution in [0, 0.1) is 19.7 Å². The first kappa shape index (κ1) is 15.1. The molecule has 2 aromatic heterocycles. The number of aryl methyl sites for hydroxylation is 2. The first-order valence-corrected chi connectivity index (χ1v) is 7.36. The molecule has 0 spiro atoms. The Bertz CT molecular complexity index is 816. The van der Waals surface area contributed by atoms with Gasteiger partial charge in [0.15, 0.2) is 11.6 Å². The molecule has 0 amide bonds. The summed E-state index contributed by atoms with van der Waals surface area (Å²) in [6.07, 6.45) is 3.16. The standard InChI is InChI=1S/C18H17FN4/c1-12-9-16(7-8-20-12)15-5-3-14(4-6-15)10-21-18-17(19)13(2)22-11-23-18/h3-9,11H,10H2,1-2H3,(H,21,22,23). The van der Waals surface area contributed by atoms with E-state index < -0.39 is 5.82 Å². The lowest BCUT2D eigenvalue weighted by molar-refractivity contribution is 0.604. The van der Waals surface area contributed by atoms with Crippen molar-refractivity contribution in [3.05, 3.63) is 71.7 Å².